The quantitative estimate of drug-likeness (QED) is 0.319. The lowest BCUT2D eigenvalue weighted by Gasteiger charge is -2.24. The second-order valence-corrected chi connectivity index (χ2v) is 8.49. The van der Waals surface area contributed by atoms with Gasteiger partial charge in [-0.25, -0.2) is 9.98 Å². The van der Waals surface area contributed by atoms with Gasteiger partial charge in [-0.3, -0.25) is 0 Å². The van der Waals surface area contributed by atoms with E-state index in [2.05, 4.69) is 113 Å². The van der Waals surface area contributed by atoms with Crippen molar-refractivity contribution < 1.29 is 0 Å². The Labute approximate surface area is 190 Å². The van der Waals surface area contributed by atoms with Crippen LogP contribution in [0.2, 0.25) is 0 Å². The van der Waals surface area contributed by atoms with E-state index in [4.69, 9.17) is 9.98 Å². The van der Waals surface area contributed by atoms with Crippen LogP contribution in [0.25, 0.3) is 11.1 Å². The Bertz CT molecular complexity index is 1260. The SMILES string of the molecule is Cc1cccc(C)c1N=C1C(=Nc2c(C)cccc2C)c2ccccc2-c2ccccc21. The van der Waals surface area contributed by atoms with Crippen LogP contribution in [0, 0.1) is 27.7 Å². The molecular weight excluding hydrogens is 388 g/mol. The van der Waals surface area contributed by atoms with E-state index >= 15 is 0 Å². The molecule has 2 heteroatoms. The van der Waals surface area contributed by atoms with Gasteiger partial charge < -0.3 is 0 Å². The van der Waals surface area contributed by atoms with Crippen molar-refractivity contribution in [3.05, 3.63) is 118 Å². The first-order valence-electron chi connectivity index (χ1n) is 11.0. The summed E-state index contributed by atoms with van der Waals surface area (Å²) in [5, 5.41) is 0. The molecule has 0 saturated heterocycles. The third-order valence-electron chi connectivity index (χ3n) is 6.21. The molecule has 0 radical (unpaired) electrons. The van der Waals surface area contributed by atoms with Crippen molar-refractivity contribution >= 4 is 22.8 Å². The minimum absolute atomic E-state index is 0.930. The molecule has 0 N–H and O–H groups in total. The van der Waals surface area contributed by atoms with Crippen LogP contribution in [0.15, 0.2) is 94.9 Å². The number of rotatable bonds is 2. The average molecular weight is 415 g/mol. The van der Waals surface area contributed by atoms with Gasteiger partial charge in [0, 0.05) is 11.1 Å². The summed E-state index contributed by atoms with van der Waals surface area (Å²) in [4.78, 5) is 10.6. The number of benzene rings is 4. The fraction of sp³-hybridized carbons (Fsp3) is 0.133. The molecule has 0 saturated carbocycles. The van der Waals surface area contributed by atoms with Gasteiger partial charge >= 0.3 is 0 Å². The predicted octanol–water partition coefficient (Wildman–Crippen LogP) is 7.84. The molecule has 0 heterocycles. The molecule has 2 nitrogen and oxygen atoms in total. The van der Waals surface area contributed by atoms with Gasteiger partial charge in [-0.05, 0) is 61.1 Å². The topological polar surface area (TPSA) is 24.7 Å². The molecule has 156 valence electrons. The van der Waals surface area contributed by atoms with E-state index in [9.17, 15) is 0 Å². The molecule has 5 rings (SSSR count). The van der Waals surface area contributed by atoms with Crippen LogP contribution in [0.1, 0.15) is 33.4 Å². The number of fused-ring (bicyclic) bond motifs is 3. The fourth-order valence-corrected chi connectivity index (χ4v) is 4.52. The Kier molecular flexibility index (Phi) is 5.07. The highest BCUT2D eigenvalue weighted by Gasteiger charge is 2.27. The van der Waals surface area contributed by atoms with Gasteiger partial charge in [0.05, 0.1) is 22.8 Å². The Morgan fingerprint density at radius 2 is 0.688 bits per heavy atom. The lowest BCUT2D eigenvalue weighted by Crippen LogP contribution is -2.23. The molecule has 0 unspecified atom stereocenters. The highest BCUT2D eigenvalue weighted by molar-refractivity contribution is 6.57. The lowest BCUT2D eigenvalue weighted by molar-refractivity contribution is 1.31. The molecule has 0 aliphatic heterocycles. The number of hydrogen-bond acceptors (Lipinski definition) is 2. The molecule has 4 aromatic carbocycles. The minimum atomic E-state index is 0.930. The van der Waals surface area contributed by atoms with Crippen molar-refractivity contribution in [1.82, 2.24) is 0 Å². The minimum Gasteiger partial charge on any atom is -0.246 e. The van der Waals surface area contributed by atoms with E-state index in [-0.39, 0.29) is 0 Å². The number of para-hydroxylation sites is 2. The van der Waals surface area contributed by atoms with Gasteiger partial charge in [-0.15, -0.1) is 0 Å². The maximum atomic E-state index is 5.28. The van der Waals surface area contributed by atoms with Crippen LogP contribution in [-0.4, -0.2) is 11.4 Å². The summed E-state index contributed by atoms with van der Waals surface area (Å²) in [7, 11) is 0. The van der Waals surface area contributed by atoms with Gasteiger partial charge in [-0.2, -0.15) is 0 Å². The number of aliphatic imine (C=N–C) groups is 2. The van der Waals surface area contributed by atoms with Crippen molar-refractivity contribution in [2.75, 3.05) is 0 Å². The largest absolute Gasteiger partial charge is 0.246 e. The maximum absolute atomic E-state index is 5.28. The molecule has 4 aromatic rings. The van der Waals surface area contributed by atoms with Crippen LogP contribution in [-0.2, 0) is 0 Å². The first-order chi connectivity index (χ1) is 15.5. The molecule has 0 amide bonds. The highest BCUT2D eigenvalue weighted by atomic mass is 14.8. The third-order valence-corrected chi connectivity index (χ3v) is 6.21. The van der Waals surface area contributed by atoms with Crippen molar-refractivity contribution in [3.63, 3.8) is 0 Å². The molecule has 0 fully saturated rings. The van der Waals surface area contributed by atoms with Crippen molar-refractivity contribution in [2.45, 2.75) is 27.7 Å². The van der Waals surface area contributed by atoms with E-state index < -0.39 is 0 Å². The Balaban J connectivity index is 1.87. The second-order valence-electron chi connectivity index (χ2n) is 8.49. The van der Waals surface area contributed by atoms with Crippen LogP contribution >= 0.6 is 0 Å². The molecule has 1 aliphatic carbocycles. The Morgan fingerprint density at radius 3 is 1.03 bits per heavy atom. The molecule has 0 spiro atoms. The first kappa shape index (κ1) is 20.1. The standard InChI is InChI=1S/C30H26N2/c1-19-11-9-12-20(2)27(19)31-29-25-17-7-5-15-23(25)24-16-6-8-18-26(24)30(29)32-28-21(3)13-10-14-22(28)4/h5-18H,1-4H3. The summed E-state index contributed by atoms with van der Waals surface area (Å²) in [5.74, 6) is 0. The van der Waals surface area contributed by atoms with Crippen molar-refractivity contribution in [2.24, 2.45) is 9.98 Å². The molecule has 0 bridgehead atoms. The average Bonchev–Trinajstić information content (AvgIpc) is 2.80. The first-order valence-corrected chi connectivity index (χ1v) is 11.0. The zero-order valence-electron chi connectivity index (χ0n) is 19.0. The zero-order valence-corrected chi connectivity index (χ0v) is 19.0. The summed E-state index contributed by atoms with van der Waals surface area (Å²) in [6.07, 6.45) is 0. The maximum Gasteiger partial charge on any atom is 0.0978 e. The van der Waals surface area contributed by atoms with E-state index in [1.165, 1.54) is 33.4 Å². The second kappa shape index (κ2) is 8.05. The summed E-state index contributed by atoms with van der Waals surface area (Å²) in [6.45, 7) is 8.49. The van der Waals surface area contributed by atoms with Gasteiger partial charge in [0.1, 0.15) is 0 Å². The summed E-state index contributed by atoms with van der Waals surface area (Å²) < 4.78 is 0. The van der Waals surface area contributed by atoms with E-state index in [0.29, 0.717) is 0 Å². The van der Waals surface area contributed by atoms with Crippen LogP contribution < -0.4 is 0 Å². The van der Waals surface area contributed by atoms with E-state index in [1.807, 2.05) is 0 Å². The molecule has 0 aromatic heterocycles. The predicted molar refractivity (Wildman–Crippen MR) is 136 cm³/mol. The molecule has 0 atom stereocenters. The summed E-state index contributed by atoms with van der Waals surface area (Å²) in [6, 6.07) is 29.7. The van der Waals surface area contributed by atoms with Crippen LogP contribution in [0.4, 0.5) is 11.4 Å². The normalized spacial score (nSPS) is 15.0. The Hall–Kier alpha value is -3.78. The van der Waals surface area contributed by atoms with Gasteiger partial charge in [0.2, 0.25) is 0 Å². The van der Waals surface area contributed by atoms with E-state index in [0.717, 1.165) is 33.9 Å². The smallest absolute Gasteiger partial charge is 0.0978 e. The summed E-state index contributed by atoms with van der Waals surface area (Å²) in [5.41, 5.74) is 13.2. The number of hydrogen-bond donors (Lipinski definition) is 0. The third kappa shape index (κ3) is 3.38. The monoisotopic (exact) mass is 414 g/mol. The molecular formula is C30H26N2. The van der Waals surface area contributed by atoms with E-state index in [1.54, 1.807) is 0 Å². The highest BCUT2D eigenvalue weighted by Crippen LogP contribution is 2.37. The molecule has 1 aliphatic rings. The molecule has 32 heavy (non-hydrogen) atoms. The zero-order chi connectivity index (χ0) is 22.2. The number of nitrogens with zero attached hydrogens (tertiary/aromatic N) is 2. The van der Waals surface area contributed by atoms with Crippen LogP contribution in [0.3, 0.4) is 0 Å². The van der Waals surface area contributed by atoms with Gasteiger partial charge in [-0.1, -0.05) is 84.9 Å². The van der Waals surface area contributed by atoms with Crippen molar-refractivity contribution in [3.8, 4) is 11.1 Å². The Morgan fingerprint density at radius 1 is 0.375 bits per heavy atom. The fourth-order valence-electron chi connectivity index (χ4n) is 4.52. The van der Waals surface area contributed by atoms with Crippen LogP contribution in [0.5, 0.6) is 0 Å². The lowest BCUT2D eigenvalue weighted by atomic mass is 9.82. The van der Waals surface area contributed by atoms with Crippen molar-refractivity contribution in [1.29, 1.82) is 0 Å². The van der Waals surface area contributed by atoms with Gasteiger partial charge in [0.25, 0.3) is 0 Å². The summed E-state index contributed by atoms with van der Waals surface area (Å²) >= 11 is 0. The van der Waals surface area contributed by atoms with Gasteiger partial charge in [0.15, 0.2) is 0 Å². The number of aryl methyl sites for hydroxylation is 4.